The second-order valence-corrected chi connectivity index (χ2v) is 9.89. The number of sulfonamides is 1. The van der Waals surface area contributed by atoms with Crippen molar-refractivity contribution in [2.45, 2.75) is 43.5 Å². The van der Waals surface area contributed by atoms with Gasteiger partial charge < -0.3 is 14.4 Å². The van der Waals surface area contributed by atoms with E-state index < -0.39 is 16.0 Å². The molecule has 33 heavy (non-hydrogen) atoms. The summed E-state index contributed by atoms with van der Waals surface area (Å²) in [4.78, 5) is 26.8. The Morgan fingerprint density at radius 1 is 1.12 bits per heavy atom. The van der Waals surface area contributed by atoms with Gasteiger partial charge in [0.25, 0.3) is 15.9 Å². The minimum Gasteiger partial charge on any atom is -0.497 e. The van der Waals surface area contributed by atoms with E-state index in [9.17, 15) is 18.0 Å². The van der Waals surface area contributed by atoms with E-state index in [0.29, 0.717) is 18.0 Å². The molecule has 9 heteroatoms. The van der Waals surface area contributed by atoms with Crippen LogP contribution >= 0.6 is 0 Å². The number of esters is 1. The first kappa shape index (κ1) is 24.6. The molecular weight excluding hydrogens is 444 g/mol. The Balaban J connectivity index is 1.70. The molecule has 0 bridgehead atoms. The molecule has 2 aromatic carbocycles. The molecule has 0 N–H and O–H groups in total. The van der Waals surface area contributed by atoms with Gasteiger partial charge in [0.2, 0.25) is 0 Å². The van der Waals surface area contributed by atoms with Gasteiger partial charge in [-0.1, -0.05) is 13.0 Å². The van der Waals surface area contributed by atoms with Crippen LogP contribution in [0.2, 0.25) is 0 Å². The summed E-state index contributed by atoms with van der Waals surface area (Å²) in [7, 11) is -0.953. The zero-order valence-corrected chi connectivity index (χ0v) is 20.0. The smallest absolute Gasteiger partial charge is 0.338 e. The fraction of sp³-hybridized carbons (Fsp3) is 0.417. The van der Waals surface area contributed by atoms with E-state index in [1.54, 1.807) is 29.2 Å². The van der Waals surface area contributed by atoms with Crippen LogP contribution in [0.4, 0.5) is 5.69 Å². The van der Waals surface area contributed by atoms with Crippen LogP contribution in [0.25, 0.3) is 0 Å². The summed E-state index contributed by atoms with van der Waals surface area (Å²) in [5.41, 5.74) is 0.513. The van der Waals surface area contributed by atoms with Crippen molar-refractivity contribution in [3.8, 4) is 5.75 Å². The fourth-order valence-corrected chi connectivity index (χ4v) is 5.16. The van der Waals surface area contributed by atoms with Gasteiger partial charge in [0.15, 0.2) is 6.61 Å². The maximum absolute atomic E-state index is 13.1. The molecule has 0 radical (unpaired) electrons. The highest BCUT2D eigenvalue weighted by atomic mass is 32.2. The molecule has 0 spiro atoms. The Kier molecular flexibility index (Phi) is 7.97. The van der Waals surface area contributed by atoms with Crippen LogP contribution in [0.5, 0.6) is 5.75 Å². The second kappa shape index (κ2) is 10.7. The lowest BCUT2D eigenvalue weighted by Gasteiger charge is -2.35. The van der Waals surface area contributed by atoms with Gasteiger partial charge in [-0.25, -0.2) is 13.2 Å². The number of ether oxygens (including phenoxy) is 2. The number of anilines is 1. The van der Waals surface area contributed by atoms with Gasteiger partial charge in [-0.2, -0.15) is 0 Å². The van der Waals surface area contributed by atoms with E-state index in [4.69, 9.17) is 9.47 Å². The Hall–Kier alpha value is -3.07. The standard InChI is InChI=1S/C24H30N2O6S/c1-4-19-9-5-6-15-26(19)23(27)17-32-24(28)18-8-7-10-22(16-18)33(29,30)25(2)20-11-13-21(31-3)14-12-20/h7-8,10-14,16,19H,4-6,9,15,17H2,1-3H3. The van der Waals surface area contributed by atoms with Crippen molar-refractivity contribution in [1.82, 2.24) is 4.90 Å². The predicted octanol–water partition coefficient (Wildman–Crippen LogP) is 3.47. The summed E-state index contributed by atoms with van der Waals surface area (Å²) in [6.07, 6.45) is 3.85. The van der Waals surface area contributed by atoms with Crippen molar-refractivity contribution in [3.63, 3.8) is 0 Å². The zero-order valence-electron chi connectivity index (χ0n) is 19.2. The van der Waals surface area contributed by atoms with Crippen molar-refractivity contribution >= 4 is 27.6 Å². The molecule has 3 rings (SSSR count). The van der Waals surface area contributed by atoms with E-state index >= 15 is 0 Å². The topological polar surface area (TPSA) is 93.2 Å². The minimum absolute atomic E-state index is 0.0522. The van der Waals surface area contributed by atoms with Crippen LogP contribution < -0.4 is 9.04 Å². The monoisotopic (exact) mass is 474 g/mol. The van der Waals surface area contributed by atoms with Gasteiger partial charge in [0, 0.05) is 19.6 Å². The van der Waals surface area contributed by atoms with Crippen LogP contribution in [-0.2, 0) is 19.6 Å². The van der Waals surface area contributed by atoms with Crippen LogP contribution in [0.15, 0.2) is 53.4 Å². The summed E-state index contributed by atoms with van der Waals surface area (Å²) in [5.74, 6) is -0.353. The van der Waals surface area contributed by atoms with Gasteiger partial charge in [0.05, 0.1) is 23.3 Å². The Morgan fingerprint density at radius 3 is 2.52 bits per heavy atom. The van der Waals surface area contributed by atoms with E-state index in [1.165, 1.54) is 38.4 Å². The molecule has 1 fully saturated rings. The molecule has 1 aliphatic rings. The number of nitrogens with zero attached hydrogens (tertiary/aromatic N) is 2. The lowest BCUT2D eigenvalue weighted by Crippen LogP contribution is -2.45. The van der Waals surface area contributed by atoms with Crippen molar-refractivity contribution in [3.05, 3.63) is 54.1 Å². The highest BCUT2D eigenvalue weighted by Crippen LogP contribution is 2.25. The number of carbonyl (C=O) groups is 2. The van der Waals surface area contributed by atoms with Crippen molar-refractivity contribution in [1.29, 1.82) is 0 Å². The van der Waals surface area contributed by atoms with Crippen LogP contribution in [0, 0.1) is 0 Å². The molecule has 1 heterocycles. The molecule has 1 unspecified atom stereocenters. The number of hydrogen-bond acceptors (Lipinski definition) is 6. The van der Waals surface area contributed by atoms with Crippen molar-refractivity contribution in [2.75, 3.05) is 31.6 Å². The third-order valence-corrected chi connectivity index (χ3v) is 7.69. The lowest BCUT2D eigenvalue weighted by molar-refractivity contribution is -0.138. The summed E-state index contributed by atoms with van der Waals surface area (Å²) in [6.45, 7) is 2.34. The molecular formula is C24H30N2O6S. The molecule has 0 saturated carbocycles. The fourth-order valence-electron chi connectivity index (χ4n) is 3.92. The Labute approximate surface area is 195 Å². The summed E-state index contributed by atoms with van der Waals surface area (Å²) in [6, 6.07) is 12.4. The third-order valence-electron chi connectivity index (χ3n) is 5.91. The number of methoxy groups -OCH3 is 1. The summed E-state index contributed by atoms with van der Waals surface area (Å²) in [5, 5.41) is 0. The van der Waals surface area contributed by atoms with E-state index in [-0.39, 0.29) is 29.0 Å². The highest BCUT2D eigenvalue weighted by Gasteiger charge is 2.27. The number of rotatable bonds is 8. The third kappa shape index (κ3) is 5.65. The zero-order chi connectivity index (χ0) is 24.0. The molecule has 0 aliphatic carbocycles. The average molecular weight is 475 g/mol. The van der Waals surface area contributed by atoms with Gasteiger partial charge >= 0.3 is 5.97 Å². The van der Waals surface area contributed by atoms with Crippen LogP contribution in [-0.4, -0.2) is 58.5 Å². The number of benzene rings is 2. The van der Waals surface area contributed by atoms with Crippen LogP contribution in [0.3, 0.4) is 0 Å². The number of likely N-dealkylation sites (tertiary alicyclic amines) is 1. The first-order valence-corrected chi connectivity index (χ1v) is 12.4. The van der Waals surface area contributed by atoms with Crippen LogP contribution in [0.1, 0.15) is 43.0 Å². The molecule has 2 aromatic rings. The van der Waals surface area contributed by atoms with Gasteiger partial charge in [-0.3, -0.25) is 9.10 Å². The van der Waals surface area contributed by atoms with Crippen molar-refractivity contribution in [2.24, 2.45) is 0 Å². The SMILES string of the molecule is CCC1CCCCN1C(=O)COC(=O)c1cccc(S(=O)(=O)N(C)c2ccc(OC)cc2)c1. The van der Waals surface area contributed by atoms with Crippen molar-refractivity contribution < 1.29 is 27.5 Å². The number of piperidine rings is 1. The molecule has 178 valence electrons. The highest BCUT2D eigenvalue weighted by molar-refractivity contribution is 7.92. The van der Waals surface area contributed by atoms with E-state index in [0.717, 1.165) is 30.0 Å². The molecule has 1 atom stereocenters. The quantitative estimate of drug-likeness (QED) is 0.544. The maximum Gasteiger partial charge on any atom is 0.338 e. The first-order valence-electron chi connectivity index (χ1n) is 11.0. The summed E-state index contributed by atoms with van der Waals surface area (Å²) >= 11 is 0. The molecule has 1 amide bonds. The largest absolute Gasteiger partial charge is 0.497 e. The molecule has 1 saturated heterocycles. The predicted molar refractivity (Wildman–Crippen MR) is 125 cm³/mol. The Bertz CT molecular complexity index is 1080. The maximum atomic E-state index is 13.1. The normalized spacial score (nSPS) is 16.2. The second-order valence-electron chi connectivity index (χ2n) is 7.92. The van der Waals surface area contributed by atoms with Gasteiger partial charge in [0.1, 0.15) is 5.75 Å². The minimum atomic E-state index is -3.92. The number of carbonyl (C=O) groups excluding carboxylic acids is 2. The average Bonchev–Trinajstić information content (AvgIpc) is 2.86. The first-order chi connectivity index (χ1) is 15.8. The molecule has 1 aliphatic heterocycles. The molecule has 0 aromatic heterocycles. The van der Waals surface area contributed by atoms with Gasteiger partial charge in [-0.15, -0.1) is 0 Å². The number of amides is 1. The number of hydrogen-bond donors (Lipinski definition) is 0. The van der Waals surface area contributed by atoms with E-state index in [2.05, 4.69) is 0 Å². The molecule has 8 nitrogen and oxygen atoms in total. The lowest BCUT2D eigenvalue weighted by atomic mass is 10.00. The van der Waals surface area contributed by atoms with E-state index in [1.807, 2.05) is 6.92 Å². The summed E-state index contributed by atoms with van der Waals surface area (Å²) < 4.78 is 37.6. The Morgan fingerprint density at radius 2 is 1.85 bits per heavy atom. The van der Waals surface area contributed by atoms with Gasteiger partial charge in [-0.05, 0) is 68.1 Å².